The quantitative estimate of drug-likeness (QED) is 0.424. The van der Waals surface area contributed by atoms with Crippen LogP contribution < -0.4 is 10.2 Å². The van der Waals surface area contributed by atoms with Crippen molar-refractivity contribution in [3.63, 3.8) is 0 Å². The molecule has 9 nitrogen and oxygen atoms in total. The van der Waals surface area contributed by atoms with Crippen LogP contribution in [0.1, 0.15) is 40.0 Å². The first kappa shape index (κ1) is 28.0. The van der Waals surface area contributed by atoms with Crippen molar-refractivity contribution in [3.05, 3.63) is 58.1 Å². The van der Waals surface area contributed by atoms with Crippen LogP contribution in [0.25, 0.3) is 0 Å². The van der Waals surface area contributed by atoms with Gasteiger partial charge in [-0.25, -0.2) is 14.6 Å². The predicted octanol–water partition coefficient (Wildman–Crippen LogP) is 3.06. The number of carbonyl (C=O) groups is 3. The second-order valence-corrected chi connectivity index (χ2v) is 9.23. The minimum absolute atomic E-state index is 0.0405. The summed E-state index contributed by atoms with van der Waals surface area (Å²) in [7, 11) is 0. The van der Waals surface area contributed by atoms with Gasteiger partial charge < -0.3 is 20.4 Å². The lowest BCUT2D eigenvalue weighted by Gasteiger charge is -2.36. The molecule has 0 unspecified atom stereocenters. The number of thiazole rings is 1. The van der Waals surface area contributed by atoms with Crippen LogP contribution in [0.3, 0.4) is 0 Å². The van der Waals surface area contributed by atoms with Gasteiger partial charge in [0.15, 0.2) is 5.01 Å². The summed E-state index contributed by atoms with van der Waals surface area (Å²) in [6.45, 7) is 10.0. The minimum Gasteiger partial charge on any atom is -0.478 e. The Morgan fingerprint density at radius 1 is 1.09 bits per heavy atom. The molecule has 0 radical (unpaired) electrons. The average Bonchev–Trinajstić information content (AvgIpc) is 3.32. The van der Waals surface area contributed by atoms with Crippen LogP contribution in [0.2, 0.25) is 0 Å². The number of hydrogen-bond acceptors (Lipinski definition) is 7. The first-order valence-corrected chi connectivity index (χ1v) is 12.5. The molecule has 2 aromatic rings. The Kier molecular flexibility index (Phi) is 11.9. The number of amides is 1. The van der Waals surface area contributed by atoms with Gasteiger partial charge in [0.05, 0.1) is 0 Å². The normalized spacial score (nSPS) is 13.8. The van der Waals surface area contributed by atoms with Crippen molar-refractivity contribution in [1.82, 2.24) is 15.2 Å². The maximum absolute atomic E-state index is 12.3. The maximum atomic E-state index is 12.3. The topological polar surface area (TPSA) is 123 Å². The Balaban J connectivity index is 0.000000466. The summed E-state index contributed by atoms with van der Waals surface area (Å²) >= 11 is 1.52. The van der Waals surface area contributed by atoms with Crippen LogP contribution in [-0.4, -0.2) is 77.2 Å². The van der Waals surface area contributed by atoms with E-state index in [-0.39, 0.29) is 5.91 Å². The summed E-state index contributed by atoms with van der Waals surface area (Å²) in [6.07, 6.45) is 6.30. The van der Waals surface area contributed by atoms with Crippen LogP contribution in [0.4, 0.5) is 5.69 Å². The fourth-order valence-corrected chi connectivity index (χ4v) is 4.43. The maximum Gasteiger partial charge on any atom is 0.328 e. The average molecular weight is 503 g/mol. The number of carboxylic acid groups (broad SMARTS) is 2. The molecule has 10 heteroatoms. The number of carbonyl (C=O) groups excluding carboxylic acids is 1. The summed E-state index contributed by atoms with van der Waals surface area (Å²) in [5, 5.41) is 19.2. The molecular formula is C25H34N4O5S. The molecule has 1 fully saturated rings. The van der Waals surface area contributed by atoms with E-state index >= 15 is 0 Å². The van der Waals surface area contributed by atoms with Crippen molar-refractivity contribution in [2.24, 2.45) is 0 Å². The van der Waals surface area contributed by atoms with Crippen molar-refractivity contribution < 1.29 is 24.6 Å². The molecule has 1 saturated heterocycles. The molecule has 35 heavy (non-hydrogen) atoms. The van der Waals surface area contributed by atoms with Crippen molar-refractivity contribution in [3.8, 4) is 0 Å². The molecule has 0 aliphatic carbocycles. The van der Waals surface area contributed by atoms with Crippen molar-refractivity contribution in [2.45, 2.75) is 33.1 Å². The van der Waals surface area contributed by atoms with Gasteiger partial charge in [0, 0.05) is 68.2 Å². The Labute approximate surface area is 210 Å². The van der Waals surface area contributed by atoms with Crippen LogP contribution >= 0.6 is 11.3 Å². The first-order chi connectivity index (χ1) is 16.8. The Morgan fingerprint density at radius 3 is 2.34 bits per heavy atom. The van der Waals surface area contributed by atoms with E-state index in [0.29, 0.717) is 23.7 Å². The number of anilines is 1. The summed E-state index contributed by atoms with van der Waals surface area (Å²) in [5.74, 6) is -2.55. The number of carboxylic acids is 2. The lowest BCUT2D eigenvalue weighted by molar-refractivity contribution is -0.134. The van der Waals surface area contributed by atoms with E-state index < -0.39 is 11.9 Å². The van der Waals surface area contributed by atoms with Crippen LogP contribution in [0, 0.1) is 6.92 Å². The number of nitrogens with zero attached hydrogens (tertiary/aromatic N) is 3. The third kappa shape index (κ3) is 10.3. The monoisotopic (exact) mass is 502 g/mol. The fraction of sp³-hybridized carbons (Fsp3) is 0.440. The van der Waals surface area contributed by atoms with E-state index in [1.807, 2.05) is 6.20 Å². The van der Waals surface area contributed by atoms with Crippen LogP contribution in [-0.2, 0) is 16.0 Å². The number of rotatable bonds is 10. The van der Waals surface area contributed by atoms with E-state index in [1.54, 1.807) is 0 Å². The number of hydrogen-bond donors (Lipinski definition) is 3. The lowest BCUT2D eigenvalue weighted by atomic mass is 10.1. The van der Waals surface area contributed by atoms with Crippen molar-refractivity contribution in [2.75, 3.05) is 44.2 Å². The van der Waals surface area contributed by atoms with Gasteiger partial charge in [-0.15, -0.1) is 11.3 Å². The molecule has 1 aliphatic rings. The van der Waals surface area contributed by atoms with Gasteiger partial charge >= 0.3 is 11.9 Å². The van der Waals surface area contributed by atoms with Gasteiger partial charge in [0.2, 0.25) is 0 Å². The molecule has 1 amide bonds. The molecular weight excluding hydrogens is 468 g/mol. The number of piperazine rings is 1. The Morgan fingerprint density at radius 2 is 1.74 bits per heavy atom. The van der Waals surface area contributed by atoms with Crippen molar-refractivity contribution >= 4 is 34.9 Å². The molecule has 1 aromatic carbocycles. The van der Waals surface area contributed by atoms with E-state index in [2.05, 4.69) is 58.2 Å². The minimum atomic E-state index is -1.26. The number of aryl methyl sites for hydroxylation is 2. The highest BCUT2D eigenvalue weighted by Gasteiger charge is 2.18. The second-order valence-electron chi connectivity index (χ2n) is 8.12. The molecule has 1 aromatic heterocycles. The molecule has 1 aliphatic heterocycles. The molecule has 0 spiro atoms. The van der Waals surface area contributed by atoms with Crippen molar-refractivity contribution in [1.29, 1.82) is 0 Å². The molecule has 0 saturated carbocycles. The Hall–Kier alpha value is -3.24. The van der Waals surface area contributed by atoms with Gasteiger partial charge in [-0.1, -0.05) is 31.5 Å². The smallest absolute Gasteiger partial charge is 0.328 e. The SMILES string of the molecule is CCCCc1cnc(C(=O)NCCN2CCN(c3ccccc3C)CC2)s1.O=C(O)/C=C/C(=O)O. The van der Waals surface area contributed by atoms with E-state index in [1.165, 1.54) is 27.5 Å². The third-order valence-corrected chi connectivity index (χ3v) is 6.49. The number of aliphatic carboxylic acids is 2. The first-order valence-electron chi connectivity index (χ1n) is 11.7. The number of para-hydroxylation sites is 1. The highest BCUT2D eigenvalue weighted by molar-refractivity contribution is 7.13. The zero-order valence-corrected chi connectivity index (χ0v) is 21.1. The van der Waals surface area contributed by atoms with Crippen LogP contribution in [0.15, 0.2) is 42.6 Å². The highest BCUT2D eigenvalue weighted by atomic mass is 32.1. The predicted molar refractivity (Wildman–Crippen MR) is 137 cm³/mol. The van der Waals surface area contributed by atoms with Gasteiger partial charge in [0.1, 0.15) is 0 Å². The van der Waals surface area contributed by atoms with Gasteiger partial charge in [-0.2, -0.15) is 0 Å². The van der Waals surface area contributed by atoms with Gasteiger partial charge in [-0.05, 0) is 31.4 Å². The Bertz CT molecular complexity index is 983. The number of nitrogens with one attached hydrogen (secondary N) is 1. The molecule has 3 N–H and O–H groups in total. The number of benzene rings is 1. The van der Waals surface area contributed by atoms with E-state index in [4.69, 9.17) is 10.2 Å². The number of unbranched alkanes of at least 4 members (excludes halogenated alkanes) is 1. The zero-order valence-electron chi connectivity index (χ0n) is 20.3. The molecule has 0 bridgehead atoms. The summed E-state index contributed by atoms with van der Waals surface area (Å²) in [5.41, 5.74) is 2.67. The fourth-order valence-electron chi connectivity index (χ4n) is 3.56. The van der Waals surface area contributed by atoms with Gasteiger partial charge in [-0.3, -0.25) is 9.69 Å². The standard InChI is InChI=1S/C21H30N4OS.C4H4O4/c1-3-4-8-18-16-23-21(27-18)20(26)22-10-11-24-12-14-25(15-13-24)19-9-6-5-7-17(19)2;5-3(6)1-2-4(7)8/h5-7,9,16H,3-4,8,10-15H2,1-2H3,(H,22,26);1-2H,(H,5,6)(H,7,8)/b;2-1+. The zero-order chi connectivity index (χ0) is 25.6. The van der Waals surface area contributed by atoms with E-state index in [0.717, 1.165) is 52.0 Å². The second kappa shape index (κ2) is 14.9. The molecule has 0 atom stereocenters. The third-order valence-electron chi connectivity index (χ3n) is 5.44. The lowest BCUT2D eigenvalue weighted by Crippen LogP contribution is -2.48. The molecule has 3 rings (SSSR count). The summed E-state index contributed by atoms with van der Waals surface area (Å²) in [6, 6.07) is 8.57. The largest absolute Gasteiger partial charge is 0.478 e. The molecule has 2 heterocycles. The summed E-state index contributed by atoms with van der Waals surface area (Å²) in [4.78, 5) is 41.7. The molecule has 190 valence electrons. The highest BCUT2D eigenvalue weighted by Crippen LogP contribution is 2.20. The summed E-state index contributed by atoms with van der Waals surface area (Å²) < 4.78 is 0. The van der Waals surface area contributed by atoms with Crippen LogP contribution in [0.5, 0.6) is 0 Å². The van der Waals surface area contributed by atoms with E-state index in [9.17, 15) is 14.4 Å². The van der Waals surface area contributed by atoms with Gasteiger partial charge in [0.25, 0.3) is 5.91 Å². The number of aromatic nitrogens is 1.